The first kappa shape index (κ1) is 18.7. The zero-order valence-electron chi connectivity index (χ0n) is 16.1. The first-order valence-electron chi connectivity index (χ1n) is 10.2. The van der Waals surface area contributed by atoms with Crippen molar-refractivity contribution in [3.05, 3.63) is 65.4 Å². The summed E-state index contributed by atoms with van der Waals surface area (Å²) in [5, 5.41) is 3.54. The molecule has 0 atom stereocenters. The van der Waals surface area contributed by atoms with Crippen LogP contribution in [0.2, 0.25) is 0 Å². The van der Waals surface area contributed by atoms with Crippen molar-refractivity contribution in [3.8, 4) is 22.4 Å². The minimum Gasteiger partial charge on any atom is -0.404 e. The number of hydrogen-bond acceptors (Lipinski definition) is 4. The second kappa shape index (κ2) is 7.48. The van der Waals surface area contributed by atoms with E-state index in [1.54, 1.807) is 0 Å². The molecule has 0 bridgehead atoms. The van der Waals surface area contributed by atoms with Gasteiger partial charge in [-0.3, -0.25) is 4.99 Å². The van der Waals surface area contributed by atoms with Gasteiger partial charge in [0.25, 0.3) is 0 Å². The predicted molar refractivity (Wildman–Crippen MR) is 112 cm³/mol. The van der Waals surface area contributed by atoms with Crippen LogP contribution in [0, 0.1) is 6.20 Å². The minimum absolute atomic E-state index is 0. The maximum atomic E-state index is 4.95. The molecule has 1 aliphatic heterocycles. The smallest absolute Gasteiger partial charge is 0.107 e. The molecule has 1 fully saturated rings. The fourth-order valence-electron chi connectivity index (χ4n) is 4.53. The van der Waals surface area contributed by atoms with E-state index in [2.05, 4.69) is 59.0 Å². The van der Waals surface area contributed by atoms with E-state index in [0.29, 0.717) is 18.5 Å². The summed E-state index contributed by atoms with van der Waals surface area (Å²) in [6.07, 6.45) is 9.54. The fraction of sp³-hybridized carbons (Fsp3) is 0.292. The Kier molecular flexibility index (Phi) is 4.81. The summed E-state index contributed by atoms with van der Waals surface area (Å²) in [5.41, 5.74) is 9.13. The Bertz CT molecular complexity index is 1120. The van der Waals surface area contributed by atoms with Crippen molar-refractivity contribution in [1.29, 1.82) is 0 Å². The molecule has 145 valence electrons. The van der Waals surface area contributed by atoms with Crippen molar-refractivity contribution in [1.82, 2.24) is 9.97 Å². The molecule has 0 saturated heterocycles. The first-order chi connectivity index (χ1) is 13.9. The van der Waals surface area contributed by atoms with Gasteiger partial charge in [-0.05, 0) is 46.9 Å². The van der Waals surface area contributed by atoms with E-state index in [0.717, 1.165) is 28.1 Å². The summed E-state index contributed by atoms with van der Waals surface area (Å²) in [6.45, 7) is 0.559. The third-order valence-electron chi connectivity index (χ3n) is 6.07. The van der Waals surface area contributed by atoms with Gasteiger partial charge in [0.15, 0.2) is 0 Å². The molecule has 1 aromatic carbocycles. The molecule has 4 nitrogen and oxygen atoms in total. The number of rotatable bonds is 3. The van der Waals surface area contributed by atoms with Gasteiger partial charge in [0.05, 0.1) is 5.71 Å². The summed E-state index contributed by atoms with van der Waals surface area (Å²) < 4.78 is 0. The standard InChI is InChI=1S/C24H21N4.Re/c1-2-6-17(7-3-1)27-24-26-14-16-13-25-23(20-11-10-15-12-21(15)20)19-9-5-4-8-18(19)22(16)28-24;/h4-5,8-12,17H,1-3,6-7,13H2,(H,26,27,28);/q-1;. The quantitative estimate of drug-likeness (QED) is 0.364. The van der Waals surface area contributed by atoms with Crippen LogP contribution >= 0.6 is 0 Å². The fourth-order valence-corrected chi connectivity index (χ4v) is 4.53. The summed E-state index contributed by atoms with van der Waals surface area (Å²) in [7, 11) is 0. The van der Waals surface area contributed by atoms with Crippen LogP contribution in [-0.4, -0.2) is 21.7 Å². The van der Waals surface area contributed by atoms with E-state index in [1.165, 1.54) is 48.8 Å². The van der Waals surface area contributed by atoms with Crippen molar-refractivity contribution in [2.45, 2.75) is 44.7 Å². The van der Waals surface area contributed by atoms with Gasteiger partial charge in [-0.25, -0.2) is 0 Å². The molecule has 4 aliphatic rings. The Hall–Kier alpha value is -2.35. The van der Waals surface area contributed by atoms with Crippen LogP contribution in [0.5, 0.6) is 0 Å². The second-order valence-electron chi connectivity index (χ2n) is 7.94. The Morgan fingerprint density at radius 1 is 0.897 bits per heavy atom. The van der Waals surface area contributed by atoms with E-state index in [-0.39, 0.29) is 20.4 Å². The number of nitrogens with zero attached hydrogens (tertiary/aromatic N) is 3. The minimum atomic E-state index is 0. The molecular weight excluding hydrogens is 530 g/mol. The van der Waals surface area contributed by atoms with Gasteiger partial charge in [0.1, 0.15) is 5.95 Å². The van der Waals surface area contributed by atoms with E-state index in [4.69, 9.17) is 9.98 Å². The zero-order chi connectivity index (χ0) is 18.5. The number of hydrogen-bond donors (Lipinski definition) is 1. The van der Waals surface area contributed by atoms with E-state index in [1.807, 2.05) is 0 Å². The maximum Gasteiger partial charge on any atom is 0.107 e. The monoisotopic (exact) mass is 552 g/mol. The van der Waals surface area contributed by atoms with Gasteiger partial charge in [-0.2, -0.15) is 0 Å². The summed E-state index contributed by atoms with van der Waals surface area (Å²) >= 11 is 0. The van der Waals surface area contributed by atoms with Crippen LogP contribution in [0.1, 0.15) is 48.8 Å². The Balaban J connectivity index is 0.00000181. The van der Waals surface area contributed by atoms with E-state index in [9.17, 15) is 0 Å². The van der Waals surface area contributed by atoms with E-state index < -0.39 is 0 Å². The number of benzene rings is 2. The van der Waals surface area contributed by atoms with Gasteiger partial charge in [-0.1, -0.05) is 67.4 Å². The molecule has 2 heterocycles. The van der Waals surface area contributed by atoms with Crippen molar-refractivity contribution in [2.24, 2.45) is 4.99 Å². The van der Waals surface area contributed by atoms with Crippen LogP contribution in [0.25, 0.3) is 22.4 Å². The third-order valence-corrected chi connectivity index (χ3v) is 6.07. The molecule has 0 unspecified atom stereocenters. The zero-order valence-corrected chi connectivity index (χ0v) is 18.8. The molecule has 29 heavy (non-hydrogen) atoms. The Morgan fingerprint density at radius 2 is 1.69 bits per heavy atom. The summed E-state index contributed by atoms with van der Waals surface area (Å²) in [6, 6.07) is 15.5. The summed E-state index contributed by atoms with van der Waals surface area (Å²) in [5.74, 6) is 0.692. The van der Waals surface area contributed by atoms with Crippen LogP contribution in [-0.2, 0) is 27.0 Å². The average Bonchev–Trinajstić information content (AvgIpc) is 3.44. The Labute approximate surface area is 184 Å². The second-order valence-corrected chi connectivity index (χ2v) is 7.94. The topological polar surface area (TPSA) is 50.2 Å². The molecule has 1 aromatic heterocycles. The molecule has 0 amide bonds. The van der Waals surface area contributed by atoms with Crippen LogP contribution in [0.4, 0.5) is 5.95 Å². The number of aromatic nitrogens is 2. The number of aliphatic imine (C=N–C) groups is 1. The number of anilines is 1. The number of nitrogens with one attached hydrogen (secondary N) is 1. The largest absolute Gasteiger partial charge is 0.404 e. The van der Waals surface area contributed by atoms with Crippen molar-refractivity contribution < 1.29 is 20.4 Å². The normalized spacial score (nSPS) is 16.6. The molecule has 1 saturated carbocycles. The first-order valence-corrected chi connectivity index (χ1v) is 10.2. The number of fused-ring (bicyclic) bond motifs is 4. The van der Waals surface area contributed by atoms with Crippen LogP contribution in [0.15, 0.2) is 47.5 Å². The van der Waals surface area contributed by atoms with Crippen molar-refractivity contribution in [2.75, 3.05) is 5.32 Å². The van der Waals surface area contributed by atoms with Crippen LogP contribution in [0.3, 0.4) is 0 Å². The molecule has 1 radical (unpaired) electrons. The molecule has 5 heteroatoms. The Morgan fingerprint density at radius 3 is 2.45 bits per heavy atom. The van der Waals surface area contributed by atoms with Gasteiger partial charge in [0.2, 0.25) is 0 Å². The third kappa shape index (κ3) is 3.33. The van der Waals surface area contributed by atoms with Gasteiger partial charge >= 0.3 is 0 Å². The van der Waals surface area contributed by atoms with Crippen molar-refractivity contribution in [3.63, 3.8) is 0 Å². The predicted octanol–water partition coefficient (Wildman–Crippen LogP) is 5.02. The molecular formula is C24H21N4Re-. The van der Waals surface area contributed by atoms with Gasteiger partial charge < -0.3 is 15.3 Å². The van der Waals surface area contributed by atoms with Crippen molar-refractivity contribution >= 4 is 11.7 Å². The molecule has 0 spiro atoms. The molecule has 3 aliphatic carbocycles. The maximum absolute atomic E-state index is 4.95. The SMILES string of the molecule is [Re].[c-]1nc(NC2CCCCC2)nc2c1CN=C(c1ccc3cc1-3)c1ccccc1-2. The summed E-state index contributed by atoms with van der Waals surface area (Å²) in [4.78, 5) is 14.4. The molecule has 2 aromatic rings. The van der Waals surface area contributed by atoms with Gasteiger partial charge in [-0.15, -0.1) is 0 Å². The molecule has 6 rings (SSSR count). The molecule has 1 N–H and O–H groups in total. The van der Waals surface area contributed by atoms with E-state index >= 15 is 0 Å². The average molecular weight is 552 g/mol. The van der Waals surface area contributed by atoms with Gasteiger partial charge in [0, 0.05) is 38.6 Å². The van der Waals surface area contributed by atoms with Crippen LogP contribution < -0.4 is 5.32 Å².